The molecule has 0 spiro atoms. The monoisotopic (exact) mass is 567 g/mol. The van der Waals surface area contributed by atoms with Crippen LogP contribution in [0.4, 0.5) is 26.3 Å². The zero-order valence-electron chi connectivity index (χ0n) is 20.7. The third-order valence-electron chi connectivity index (χ3n) is 5.74. The first kappa shape index (κ1) is 31.8. The molecule has 1 aliphatic heterocycles. The lowest BCUT2D eigenvalue weighted by Crippen LogP contribution is -2.43. The maximum absolute atomic E-state index is 12.4. The van der Waals surface area contributed by atoms with E-state index in [1.807, 2.05) is 35.8 Å². The van der Waals surface area contributed by atoms with Gasteiger partial charge in [-0.05, 0) is 50.3 Å². The fourth-order valence-corrected chi connectivity index (χ4v) is 3.99. The highest BCUT2D eigenvalue weighted by Gasteiger charge is 2.38. The highest BCUT2D eigenvalue weighted by atomic mass is 19.4. The quantitative estimate of drug-likeness (QED) is 0.481. The van der Waals surface area contributed by atoms with Gasteiger partial charge in [0.15, 0.2) is 0 Å². The van der Waals surface area contributed by atoms with Crippen molar-refractivity contribution in [2.24, 2.45) is 0 Å². The van der Waals surface area contributed by atoms with E-state index < -0.39 is 24.3 Å². The average Bonchev–Trinajstić information content (AvgIpc) is 3.34. The second-order valence-corrected chi connectivity index (χ2v) is 8.77. The fourth-order valence-electron chi connectivity index (χ4n) is 3.99. The summed E-state index contributed by atoms with van der Waals surface area (Å²) in [5.74, 6) is -5.51. The Balaban J connectivity index is 0.000000317. The second kappa shape index (κ2) is 13.6. The van der Waals surface area contributed by atoms with Gasteiger partial charge in [-0.15, -0.1) is 0 Å². The van der Waals surface area contributed by atoms with Gasteiger partial charge in [0, 0.05) is 36.1 Å². The number of ether oxygens (including phenoxy) is 1. The van der Waals surface area contributed by atoms with Crippen molar-refractivity contribution in [2.75, 3.05) is 13.2 Å². The Morgan fingerprint density at radius 1 is 1.03 bits per heavy atom. The van der Waals surface area contributed by atoms with Crippen molar-refractivity contribution in [3.63, 3.8) is 0 Å². The minimum atomic E-state index is -5.08. The lowest BCUT2D eigenvalue weighted by molar-refractivity contribution is -0.193. The maximum Gasteiger partial charge on any atom is 0.490 e. The third-order valence-corrected chi connectivity index (χ3v) is 5.74. The highest BCUT2D eigenvalue weighted by molar-refractivity contribution is 5.73. The number of hydrogen-bond acceptors (Lipinski definition) is 6. The predicted molar refractivity (Wildman–Crippen MR) is 124 cm³/mol. The van der Waals surface area contributed by atoms with E-state index in [0.29, 0.717) is 18.6 Å². The van der Waals surface area contributed by atoms with Gasteiger partial charge in [0.2, 0.25) is 0 Å². The largest absolute Gasteiger partial charge is 0.490 e. The molecule has 4 rings (SSSR count). The van der Waals surface area contributed by atoms with Gasteiger partial charge < -0.3 is 24.8 Å². The first-order valence-electron chi connectivity index (χ1n) is 11.7. The van der Waals surface area contributed by atoms with Gasteiger partial charge in [-0.2, -0.15) is 26.3 Å². The van der Waals surface area contributed by atoms with E-state index in [4.69, 9.17) is 24.5 Å². The number of rotatable bonds is 4. The van der Waals surface area contributed by atoms with E-state index in [9.17, 15) is 31.1 Å². The number of pyridine rings is 2. The molecular formula is C24H27F6N3O6. The number of alkyl halides is 6. The smallest absolute Gasteiger partial charge is 0.475 e. The van der Waals surface area contributed by atoms with Crippen LogP contribution in [0.15, 0.2) is 35.1 Å². The van der Waals surface area contributed by atoms with Crippen LogP contribution in [0.5, 0.6) is 0 Å². The summed E-state index contributed by atoms with van der Waals surface area (Å²) in [5, 5.41) is 18.0. The SMILES string of the molecule is Cc1cccc(Cn2c3c(ccc2=O)CC(NC2CCOC2)CC3)n1.O=C(O)C(F)(F)F.O=C(O)C(F)(F)F. The Hall–Kier alpha value is -3.46. The molecule has 0 amide bonds. The Morgan fingerprint density at radius 3 is 2.15 bits per heavy atom. The summed E-state index contributed by atoms with van der Waals surface area (Å²) in [6.07, 6.45) is -6.09. The van der Waals surface area contributed by atoms with Crippen LogP contribution >= 0.6 is 0 Å². The van der Waals surface area contributed by atoms with Crippen molar-refractivity contribution in [2.45, 2.75) is 63.6 Å². The molecule has 1 saturated heterocycles. The molecule has 2 aromatic rings. The third kappa shape index (κ3) is 10.3. The van der Waals surface area contributed by atoms with E-state index >= 15 is 0 Å². The standard InChI is InChI=1S/C20H25N3O2.2C2HF3O2/c1-14-3-2-4-17(21-14)12-23-19-7-6-16(22-18-9-10-25-13-18)11-15(19)5-8-20(23)24;2*3-2(4,5)1(6)7/h2-5,8,16,18,22H,6-7,9-13H2,1H3;2*(H,6,7). The Bertz CT molecular complexity index is 1170. The summed E-state index contributed by atoms with van der Waals surface area (Å²) < 4.78 is 70.8. The number of aromatic nitrogens is 2. The zero-order chi connectivity index (χ0) is 29.4. The first-order valence-corrected chi connectivity index (χ1v) is 11.7. The van der Waals surface area contributed by atoms with E-state index in [1.54, 1.807) is 6.07 Å². The number of carboxylic acids is 2. The van der Waals surface area contributed by atoms with Gasteiger partial charge in [-0.3, -0.25) is 9.78 Å². The molecule has 2 aromatic heterocycles. The van der Waals surface area contributed by atoms with Crippen molar-refractivity contribution in [3.8, 4) is 0 Å². The number of aliphatic carboxylic acids is 2. The van der Waals surface area contributed by atoms with Crippen molar-refractivity contribution in [1.29, 1.82) is 0 Å². The molecule has 9 nitrogen and oxygen atoms in total. The number of nitrogens with one attached hydrogen (secondary N) is 1. The second-order valence-electron chi connectivity index (χ2n) is 8.77. The van der Waals surface area contributed by atoms with Crippen LogP contribution < -0.4 is 10.9 Å². The van der Waals surface area contributed by atoms with Crippen LogP contribution in [-0.2, 0) is 33.7 Å². The summed E-state index contributed by atoms with van der Waals surface area (Å²) in [4.78, 5) is 34.8. The molecule has 39 heavy (non-hydrogen) atoms. The van der Waals surface area contributed by atoms with Crippen molar-refractivity contribution < 1.29 is 50.9 Å². The van der Waals surface area contributed by atoms with Crippen LogP contribution in [0.2, 0.25) is 0 Å². The molecule has 1 fully saturated rings. The number of halogens is 6. The maximum atomic E-state index is 12.4. The lowest BCUT2D eigenvalue weighted by Gasteiger charge is -2.29. The number of fused-ring (bicyclic) bond motifs is 1. The van der Waals surface area contributed by atoms with Crippen LogP contribution in [0.25, 0.3) is 0 Å². The average molecular weight is 567 g/mol. The lowest BCUT2D eigenvalue weighted by atomic mass is 9.90. The van der Waals surface area contributed by atoms with Crippen molar-refractivity contribution in [3.05, 3.63) is 63.3 Å². The molecule has 2 unspecified atom stereocenters. The van der Waals surface area contributed by atoms with Crippen LogP contribution in [0.3, 0.4) is 0 Å². The minimum Gasteiger partial charge on any atom is -0.475 e. The normalized spacial score (nSPS) is 18.6. The molecule has 0 bridgehead atoms. The topological polar surface area (TPSA) is 131 Å². The number of aryl methyl sites for hydroxylation is 1. The molecule has 0 aromatic carbocycles. The molecule has 0 saturated carbocycles. The minimum absolute atomic E-state index is 0.0673. The van der Waals surface area contributed by atoms with Crippen LogP contribution in [-0.4, -0.2) is 69.4 Å². The molecule has 3 N–H and O–H groups in total. The van der Waals surface area contributed by atoms with Gasteiger partial charge in [0.05, 0.1) is 18.8 Å². The van der Waals surface area contributed by atoms with Crippen LogP contribution in [0.1, 0.15) is 35.5 Å². The van der Waals surface area contributed by atoms with Gasteiger partial charge in [0.25, 0.3) is 5.56 Å². The first-order chi connectivity index (χ1) is 18.1. The summed E-state index contributed by atoms with van der Waals surface area (Å²) in [6, 6.07) is 10.6. The predicted octanol–water partition coefficient (Wildman–Crippen LogP) is 3.10. The number of nitrogens with zero attached hydrogens (tertiary/aromatic N) is 2. The summed E-state index contributed by atoms with van der Waals surface area (Å²) in [6.45, 7) is 4.22. The van der Waals surface area contributed by atoms with Gasteiger partial charge in [-0.1, -0.05) is 12.1 Å². The summed E-state index contributed by atoms with van der Waals surface area (Å²) in [5.41, 5.74) is 4.46. The Labute approximate surface area is 218 Å². The van der Waals surface area contributed by atoms with E-state index in [0.717, 1.165) is 50.3 Å². The molecule has 15 heteroatoms. The number of hydrogen-bond donors (Lipinski definition) is 3. The van der Waals surface area contributed by atoms with E-state index in [-0.39, 0.29) is 5.56 Å². The fraction of sp³-hybridized carbons (Fsp3) is 0.500. The molecule has 2 aliphatic rings. The number of carbonyl (C=O) groups is 2. The van der Waals surface area contributed by atoms with Crippen molar-refractivity contribution in [1.82, 2.24) is 14.9 Å². The van der Waals surface area contributed by atoms with Crippen molar-refractivity contribution >= 4 is 11.9 Å². The molecule has 0 radical (unpaired) electrons. The van der Waals surface area contributed by atoms with E-state index in [2.05, 4.69) is 10.3 Å². The van der Waals surface area contributed by atoms with Gasteiger partial charge in [0.1, 0.15) is 0 Å². The molecule has 216 valence electrons. The highest BCUT2D eigenvalue weighted by Crippen LogP contribution is 2.22. The molecule has 3 heterocycles. The zero-order valence-corrected chi connectivity index (χ0v) is 20.7. The number of carboxylic acid groups (broad SMARTS) is 2. The molecular weight excluding hydrogens is 540 g/mol. The molecule has 2 atom stereocenters. The molecule has 1 aliphatic carbocycles. The van der Waals surface area contributed by atoms with Gasteiger partial charge >= 0.3 is 24.3 Å². The Kier molecular flexibility index (Phi) is 11.0. The van der Waals surface area contributed by atoms with E-state index in [1.165, 1.54) is 11.3 Å². The summed E-state index contributed by atoms with van der Waals surface area (Å²) in [7, 11) is 0. The Morgan fingerprint density at radius 2 is 1.64 bits per heavy atom. The van der Waals surface area contributed by atoms with Crippen LogP contribution in [0, 0.1) is 6.92 Å². The van der Waals surface area contributed by atoms with Gasteiger partial charge in [-0.25, -0.2) is 9.59 Å². The summed E-state index contributed by atoms with van der Waals surface area (Å²) >= 11 is 0.